The minimum Gasteiger partial charge on any atom is -0.352 e. The lowest BCUT2D eigenvalue weighted by Crippen LogP contribution is -2.48. The van der Waals surface area contributed by atoms with Gasteiger partial charge in [0.25, 0.3) is 0 Å². The van der Waals surface area contributed by atoms with Gasteiger partial charge in [-0.1, -0.05) is 31.0 Å². The summed E-state index contributed by atoms with van der Waals surface area (Å²) in [5.74, 6) is -0.307. The highest BCUT2D eigenvalue weighted by Gasteiger charge is 2.38. The summed E-state index contributed by atoms with van der Waals surface area (Å²) in [6.45, 7) is 2.59. The molecule has 1 saturated carbocycles. The number of likely N-dealkylation sites (tertiary alicyclic amines) is 1. The molecule has 31 heavy (non-hydrogen) atoms. The van der Waals surface area contributed by atoms with Crippen molar-refractivity contribution in [3.05, 3.63) is 65.2 Å². The summed E-state index contributed by atoms with van der Waals surface area (Å²) in [6, 6.07) is 8.78. The lowest BCUT2D eigenvalue weighted by atomic mass is 9.86. The van der Waals surface area contributed by atoms with Crippen LogP contribution in [0, 0.1) is 24.6 Å². The van der Waals surface area contributed by atoms with Gasteiger partial charge in [0.05, 0.1) is 12.0 Å². The highest BCUT2D eigenvalue weighted by Crippen LogP contribution is 2.37. The van der Waals surface area contributed by atoms with Gasteiger partial charge in [0.2, 0.25) is 11.8 Å². The second kappa shape index (κ2) is 9.58. The van der Waals surface area contributed by atoms with Crippen molar-refractivity contribution in [1.29, 1.82) is 0 Å². The van der Waals surface area contributed by atoms with E-state index in [0.29, 0.717) is 31.5 Å². The molecule has 2 fully saturated rings. The van der Waals surface area contributed by atoms with Crippen molar-refractivity contribution in [1.82, 2.24) is 15.2 Å². The predicted octanol–water partition coefficient (Wildman–Crippen LogP) is 4.32. The van der Waals surface area contributed by atoms with E-state index in [0.717, 1.165) is 36.8 Å². The molecular formula is C25H30FN3O2. The van der Waals surface area contributed by atoms with Crippen LogP contribution in [0.25, 0.3) is 0 Å². The first-order valence-corrected chi connectivity index (χ1v) is 11.3. The number of halogens is 1. The van der Waals surface area contributed by atoms with Gasteiger partial charge in [0.15, 0.2) is 0 Å². The van der Waals surface area contributed by atoms with Crippen LogP contribution in [-0.2, 0) is 16.1 Å². The van der Waals surface area contributed by atoms with E-state index in [2.05, 4.69) is 10.3 Å². The molecule has 2 heterocycles. The Morgan fingerprint density at radius 1 is 1.13 bits per heavy atom. The third-order valence-electron chi connectivity index (χ3n) is 6.70. The zero-order valence-electron chi connectivity index (χ0n) is 18.0. The van der Waals surface area contributed by atoms with Gasteiger partial charge >= 0.3 is 0 Å². The molecule has 0 radical (unpaired) electrons. The molecule has 0 spiro atoms. The fourth-order valence-electron chi connectivity index (χ4n) is 4.89. The van der Waals surface area contributed by atoms with E-state index >= 15 is 0 Å². The molecular weight excluding hydrogens is 393 g/mol. The number of rotatable bonds is 5. The van der Waals surface area contributed by atoms with Crippen LogP contribution in [0.4, 0.5) is 4.39 Å². The van der Waals surface area contributed by atoms with Crippen molar-refractivity contribution in [2.75, 3.05) is 6.54 Å². The van der Waals surface area contributed by atoms with Gasteiger partial charge in [-0.2, -0.15) is 0 Å². The number of carbonyl (C=O) groups is 2. The third kappa shape index (κ3) is 4.94. The summed E-state index contributed by atoms with van der Waals surface area (Å²) < 4.78 is 13.8. The summed E-state index contributed by atoms with van der Waals surface area (Å²) in [7, 11) is 0. The Labute approximate surface area is 183 Å². The number of benzene rings is 1. The number of amides is 2. The minimum absolute atomic E-state index is 0.0261. The summed E-state index contributed by atoms with van der Waals surface area (Å²) in [5, 5.41) is 3.00. The maximum Gasteiger partial charge on any atom is 0.226 e. The molecule has 1 aliphatic heterocycles. The fourth-order valence-corrected chi connectivity index (χ4v) is 4.89. The largest absolute Gasteiger partial charge is 0.352 e. The van der Waals surface area contributed by atoms with Gasteiger partial charge in [0, 0.05) is 31.4 Å². The van der Waals surface area contributed by atoms with Crippen molar-refractivity contribution >= 4 is 11.8 Å². The van der Waals surface area contributed by atoms with E-state index in [1.165, 1.54) is 6.07 Å². The minimum atomic E-state index is -0.236. The summed E-state index contributed by atoms with van der Waals surface area (Å²) in [6.07, 6.45) is 8.85. The number of piperidine rings is 1. The number of nitrogens with zero attached hydrogens (tertiary/aromatic N) is 2. The maximum atomic E-state index is 13.8. The Morgan fingerprint density at radius 3 is 2.65 bits per heavy atom. The first-order valence-electron chi connectivity index (χ1n) is 11.3. The molecule has 1 aromatic carbocycles. The molecule has 0 bridgehead atoms. The van der Waals surface area contributed by atoms with Crippen LogP contribution in [-0.4, -0.2) is 28.2 Å². The average Bonchev–Trinajstić information content (AvgIpc) is 3.34. The second-order valence-corrected chi connectivity index (χ2v) is 8.85. The number of nitrogens with one attached hydrogen (secondary N) is 1. The van der Waals surface area contributed by atoms with Crippen LogP contribution in [0.2, 0.25) is 0 Å². The zero-order valence-corrected chi connectivity index (χ0v) is 18.0. The number of aromatic nitrogens is 1. The maximum absolute atomic E-state index is 13.8. The van der Waals surface area contributed by atoms with Crippen LogP contribution in [0.5, 0.6) is 0 Å². The normalized spacial score (nSPS) is 21.8. The van der Waals surface area contributed by atoms with E-state index in [1.54, 1.807) is 25.4 Å². The van der Waals surface area contributed by atoms with Gasteiger partial charge in [-0.15, -0.1) is 0 Å². The fraction of sp³-hybridized carbons (Fsp3) is 0.480. The van der Waals surface area contributed by atoms with Gasteiger partial charge in [-0.25, -0.2) is 4.39 Å². The molecule has 4 rings (SSSR count). The molecule has 0 unspecified atom stereocenters. The molecule has 164 valence electrons. The highest BCUT2D eigenvalue weighted by molar-refractivity contribution is 5.83. The molecule has 1 aromatic heterocycles. The molecule has 2 atom stereocenters. The monoisotopic (exact) mass is 423 g/mol. The quantitative estimate of drug-likeness (QED) is 0.779. The van der Waals surface area contributed by atoms with Gasteiger partial charge in [-0.3, -0.25) is 14.6 Å². The van der Waals surface area contributed by atoms with E-state index < -0.39 is 0 Å². The van der Waals surface area contributed by atoms with Crippen LogP contribution in [0.15, 0.2) is 42.7 Å². The lowest BCUT2D eigenvalue weighted by Gasteiger charge is -2.41. The smallest absolute Gasteiger partial charge is 0.226 e. The van der Waals surface area contributed by atoms with Crippen molar-refractivity contribution in [3.63, 3.8) is 0 Å². The number of hydrogen-bond donors (Lipinski definition) is 1. The predicted molar refractivity (Wildman–Crippen MR) is 116 cm³/mol. The highest BCUT2D eigenvalue weighted by atomic mass is 19.1. The Morgan fingerprint density at radius 2 is 1.94 bits per heavy atom. The van der Waals surface area contributed by atoms with Crippen molar-refractivity contribution in [2.24, 2.45) is 11.8 Å². The molecule has 1 saturated heterocycles. The molecule has 2 aliphatic rings. The standard InChI is InChI=1S/C25H30FN3O2/c1-17-13-20(8-10-22(17)26)23-11-9-21(16-29(23)25(31)19-6-2-3-7-19)24(30)28-15-18-5-4-12-27-14-18/h4-5,8,10,12-14,19,21,23H,2-3,6-7,9,11,15-16H2,1H3,(H,28,30)/t21-,23+/m0/s1. The summed E-state index contributed by atoms with van der Waals surface area (Å²) in [5.41, 5.74) is 2.49. The van der Waals surface area contributed by atoms with Gasteiger partial charge in [-0.05, 0) is 61.4 Å². The van der Waals surface area contributed by atoms with E-state index in [-0.39, 0.29) is 35.5 Å². The van der Waals surface area contributed by atoms with E-state index in [1.807, 2.05) is 23.1 Å². The summed E-state index contributed by atoms with van der Waals surface area (Å²) in [4.78, 5) is 32.3. The second-order valence-electron chi connectivity index (χ2n) is 8.85. The first kappa shape index (κ1) is 21.5. The molecule has 2 amide bonds. The number of aryl methyl sites for hydroxylation is 1. The third-order valence-corrected chi connectivity index (χ3v) is 6.70. The first-order chi connectivity index (χ1) is 15.0. The molecule has 2 aromatic rings. The van der Waals surface area contributed by atoms with Crippen LogP contribution < -0.4 is 5.32 Å². The Hall–Kier alpha value is -2.76. The number of pyridine rings is 1. The topological polar surface area (TPSA) is 62.3 Å². The van der Waals surface area contributed by atoms with Gasteiger partial charge in [0.1, 0.15) is 5.82 Å². The van der Waals surface area contributed by atoms with Crippen molar-refractivity contribution in [2.45, 2.75) is 58.0 Å². The average molecular weight is 424 g/mol. The van der Waals surface area contributed by atoms with Gasteiger partial charge < -0.3 is 10.2 Å². The van der Waals surface area contributed by atoms with Crippen LogP contribution in [0.3, 0.4) is 0 Å². The van der Waals surface area contributed by atoms with Crippen LogP contribution in [0.1, 0.15) is 61.3 Å². The SMILES string of the molecule is Cc1cc([C@H]2CC[C@H](C(=O)NCc3cccnc3)CN2C(=O)C2CCCC2)ccc1F. The summed E-state index contributed by atoms with van der Waals surface area (Å²) >= 11 is 0. The van der Waals surface area contributed by atoms with E-state index in [4.69, 9.17) is 0 Å². The zero-order chi connectivity index (χ0) is 21.8. The molecule has 1 N–H and O–H groups in total. The Balaban J connectivity index is 1.49. The lowest BCUT2D eigenvalue weighted by molar-refractivity contribution is -0.142. The van der Waals surface area contributed by atoms with Crippen LogP contribution >= 0.6 is 0 Å². The Kier molecular flexibility index (Phi) is 6.64. The Bertz CT molecular complexity index is 928. The number of carbonyl (C=O) groups excluding carboxylic acids is 2. The molecule has 5 nitrogen and oxygen atoms in total. The van der Waals surface area contributed by atoms with E-state index in [9.17, 15) is 14.0 Å². The molecule has 1 aliphatic carbocycles. The van der Waals surface area contributed by atoms with Crippen molar-refractivity contribution < 1.29 is 14.0 Å². The molecule has 6 heteroatoms. The number of hydrogen-bond acceptors (Lipinski definition) is 3. The van der Waals surface area contributed by atoms with Crippen molar-refractivity contribution in [3.8, 4) is 0 Å².